The Hall–Kier alpha value is -2.33. The van der Waals surface area contributed by atoms with E-state index in [1.54, 1.807) is 12.3 Å². The number of rotatable bonds is 3. The van der Waals surface area contributed by atoms with Gasteiger partial charge in [-0.1, -0.05) is 6.08 Å². The van der Waals surface area contributed by atoms with Crippen molar-refractivity contribution in [2.24, 2.45) is 5.41 Å². The molecule has 2 aliphatic rings. The molecule has 2 saturated heterocycles. The highest BCUT2D eigenvalue weighted by Crippen LogP contribution is 2.43. The lowest BCUT2D eigenvalue weighted by Crippen LogP contribution is -2.49. The topological polar surface area (TPSA) is 60.2 Å². The van der Waals surface area contributed by atoms with Gasteiger partial charge in [0.2, 0.25) is 0 Å². The number of carbonyl (C=O) groups excluding carboxylic acids is 1. The van der Waals surface area contributed by atoms with Gasteiger partial charge in [-0.3, -0.25) is 14.8 Å². The Kier molecular flexibility index (Phi) is 4.33. The number of carbonyl (C=O) groups is 1. The molecule has 0 bridgehead atoms. The largest absolute Gasteiger partial charge is 0.272 e. The van der Waals surface area contributed by atoms with Crippen LogP contribution in [0.5, 0.6) is 0 Å². The average molecular weight is 332 g/mol. The van der Waals surface area contributed by atoms with E-state index < -0.39 is 17.7 Å². The molecule has 0 saturated carbocycles. The van der Waals surface area contributed by atoms with Gasteiger partial charge in [0.15, 0.2) is 0 Å². The van der Waals surface area contributed by atoms with Crippen LogP contribution in [-0.4, -0.2) is 40.4 Å². The van der Waals surface area contributed by atoms with Crippen LogP contribution in [0.25, 0.3) is 0 Å². The first-order valence-electron chi connectivity index (χ1n) is 7.89. The molecule has 0 spiro atoms. The zero-order valence-corrected chi connectivity index (χ0v) is 13.2. The van der Waals surface area contributed by atoms with E-state index in [-0.39, 0.29) is 12.5 Å². The molecule has 24 heavy (non-hydrogen) atoms. The molecular weight excluding hydrogens is 314 g/mol. The van der Waals surface area contributed by atoms with Gasteiger partial charge in [-0.05, 0) is 30.9 Å². The van der Waals surface area contributed by atoms with Crippen LogP contribution in [0, 0.1) is 16.7 Å². The van der Waals surface area contributed by atoms with Crippen molar-refractivity contribution in [3.8, 4) is 6.07 Å². The predicted octanol–water partition coefficient (Wildman–Crippen LogP) is 2.67. The highest BCUT2D eigenvalue weighted by Gasteiger charge is 2.52. The van der Waals surface area contributed by atoms with Crippen molar-refractivity contribution in [1.29, 1.82) is 5.26 Å². The van der Waals surface area contributed by atoms with Gasteiger partial charge < -0.3 is 0 Å². The number of halogens is 2. The number of amides is 1. The second-order valence-corrected chi connectivity index (χ2v) is 6.18. The Bertz CT molecular complexity index is 702. The molecule has 2 fully saturated rings. The van der Waals surface area contributed by atoms with Crippen LogP contribution in [0.3, 0.4) is 0 Å². The smallest absolute Gasteiger partial charge is 0.256 e. The second-order valence-electron chi connectivity index (χ2n) is 6.18. The number of nitriles is 1. The Balaban J connectivity index is 2.01. The minimum atomic E-state index is -2.80. The molecule has 0 aliphatic carbocycles. The van der Waals surface area contributed by atoms with E-state index in [1.165, 1.54) is 11.2 Å². The summed E-state index contributed by atoms with van der Waals surface area (Å²) in [5.41, 5.74) is -0.770. The molecule has 2 aliphatic heterocycles. The summed E-state index contributed by atoms with van der Waals surface area (Å²) in [7, 11) is 0. The van der Waals surface area contributed by atoms with Crippen molar-refractivity contribution in [2.45, 2.75) is 31.7 Å². The van der Waals surface area contributed by atoms with Gasteiger partial charge in [-0.2, -0.15) is 5.26 Å². The summed E-state index contributed by atoms with van der Waals surface area (Å²) in [6.07, 6.45) is 2.54. The van der Waals surface area contributed by atoms with E-state index in [0.717, 1.165) is 6.08 Å². The molecule has 1 aromatic rings. The maximum Gasteiger partial charge on any atom is 0.256 e. The van der Waals surface area contributed by atoms with Crippen molar-refractivity contribution >= 4 is 5.91 Å². The summed E-state index contributed by atoms with van der Waals surface area (Å²) >= 11 is 0. The fraction of sp³-hybridized carbons (Fsp3) is 0.471. The highest BCUT2D eigenvalue weighted by molar-refractivity contribution is 5.85. The quantitative estimate of drug-likeness (QED) is 0.799. The summed E-state index contributed by atoms with van der Waals surface area (Å²) in [6.45, 7) is 4.67. The number of hydrazine groups is 1. The minimum absolute atomic E-state index is 0.0865. The van der Waals surface area contributed by atoms with Gasteiger partial charge in [0.05, 0.1) is 11.6 Å². The molecule has 0 N–H and O–H groups in total. The normalized spacial score (nSPS) is 27.7. The molecule has 2 atom stereocenters. The molecule has 0 aromatic carbocycles. The Morgan fingerprint density at radius 1 is 1.46 bits per heavy atom. The maximum absolute atomic E-state index is 13.7. The molecular formula is C17H18F2N4O. The average Bonchev–Trinajstić information content (AvgIpc) is 2.95. The molecule has 3 heterocycles. The molecule has 0 radical (unpaired) electrons. The fourth-order valence-corrected chi connectivity index (χ4v) is 3.55. The lowest BCUT2D eigenvalue weighted by atomic mass is 9.82. The van der Waals surface area contributed by atoms with Crippen LogP contribution in [-0.2, 0) is 4.79 Å². The van der Waals surface area contributed by atoms with Crippen molar-refractivity contribution < 1.29 is 13.6 Å². The summed E-state index contributed by atoms with van der Waals surface area (Å²) in [4.78, 5) is 17.0. The number of alkyl halides is 2. The second kappa shape index (κ2) is 6.29. The zero-order chi connectivity index (χ0) is 17.3. The van der Waals surface area contributed by atoms with Crippen molar-refractivity contribution in [2.75, 3.05) is 13.1 Å². The Labute approximate surface area is 139 Å². The van der Waals surface area contributed by atoms with Crippen LogP contribution >= 0.6 is 0 Å². The van der Waals surface area contributed by atoms with E-state index in [1.807, 2.05) is 11.1 Å². The third-order valence-corrected chi connectivity index (χ3v) is 4.90. The number of nitrogens with zero attached hydrogens (tertiary/aromatic N) is 4. The van der Waals surface area contributed by atoms with E-state index in [4.69, 9.17) is 5.26 Å². The molecule has 1 amide bonds. The molecule has 1 aromatic heterocycles. The monoisotopic (exact) mass is 332 g/mol. The number of pyridine rings is 1. The number of fused-ring (bicyclic) bond motifs is 1. The lowest BCUT2D eigenvalue weighted by molar-refractivity contribution is -0.161. The van der Waals surface area contributed by atoms with Crippen molar-refractivity contribution in [3.05, 3.63) is 42.2 Å². The number of hydrogen-bond acceptors (Lipinski definition) is 4. The predicted molar refractivity (Wildman–Crippen MR) is 82.6 cm³/mol. The molecule has 126 valence electrons. The number of aromatic nitrogens is 1. The first-order chi connectivity index (χ1) is 11.5. The summed E-state index contributed by atoms with van der Waals surface area (Å²) in [5.74, 6) is -0.616. The van der Waals surface area contributed by atoms with Crippen LogP contribution in [0.15, 0.2) is 31.1 Å². The molecule has 7 heteroatoms. The van der Waals surface area contributed by atoms with Gasteiger partial charge in [0.1, 0.15) is 11.5 Å². The van der Waals surface area contributed by atoms with E-state index >= 15 is 0 Å². The van der Waals surface area contributed by atoms with Gasteiger partial charge in [-0.25, -0.2) is 13.8 Å². The zero-order valence-electron chi connectivity index (χ0n) is 13.2. The number of hydrogen-bond donors (Lipinski definition) is 0. The van der Waals surface area contributed by atoms with Gasteiger partial charge in [-0.15, -0.1) is 6.58 Å². The lowest BCUT2D eigenvalue weighted by Gasteiger charge is -2.36. The highest BCUT2D eigenvalue weighted by atomic mass is 19.3. The van der Waals surface area contributed by atoms with Crippen molar-refractivity contribution in [3.63, 3.8) is 0 Å². The van der Waals surface area contributed by atoms with Crippen molar-refractivity contribution in [1.82, 2.24) is 15.0 Å². The van der Waals surface area contributed by atoms with Gasteiger partial charge in [0, 0.05) is 25.5 Å². The first kappa shape index (κ1) is 16.5. The maximum atomic E-state index is 13.7. The SMILES string of the molecule is C=CC1(C(F)F)CCCN2CC[C@@H](c3cncc(C#N)c3)N2C1=O. The van der Waals surface area contributed by atoms with E-state index in [9.17, 15) is 13.6 Å². The summed E-state index contributed by atoms with van der Waals surface area (Å²) in [5, 5.41) is 12.3. The van der Waals surface area contributed by atoms with Gasteiger partial charge in [0.25, 0.3) is 12.3 Å². The van der Waals surface area contributed by atoms with Crippen LogP contribution in [0.2, 0.25) is 0 Å². The van der Waals surface area contributed by atoms with E-state index in [2.05, 4.69) is 11.6 Å². The molecule has 5 nitrogen and oxygen atoms in total. The standard InChI is InChI=1S/C17H18F2N4O/c1-2-17(15(18)19)5-3-6-22-7-4-14(23(22)16(17)24)13-8-12(9-20)10-21-11-13/h2,8,10-11,14-15H,1,3-7H2/t14-,17?/m0/s1. The van der Waals surface area contributed by atoms with Gasteiger partial charge >= 0.3 is 0 Å². The van der Waals surface area contributed by atoms with Crippen LogP contribution < -0.4 is 0 Å². The molecule has 3 rings (SSSR count). The summed E-state index contributed by atoms with van der Waals surface area (Å²) < 4.78 is 27.4. The molecule has 1 unspecified atom stereocenters. The first-order valence-corrected chi connectivity index (χ1v) is 7.89. The third kappa shape index (κ3) is 2.47. The van der Waals surface area contributed by atoms with Crippen LogP contribution in [0.4, 0.5) is 8.78 Å². The summed E-state index contributed by atoms with van der Waals surface area (Å²) in [6, 6.07) is 3.30. The van der Waals surface area contributed by atoms with Crippen LogP contribution in [0.1, 0.15) is 36.4 Å². The fourth-order valence-electron chi connectivity index (χ4n) is 3.55. The third-order valence-electron chi connectivity index (χ3n) is 4.90. The minimum Gasteiger partial charge on any atom is -0.272 e. The Morgan fingerprint density at radius 3 is 2.92 bits per heavy atom. The van der Waals surface area contributed by atoms with E-state index in [0.29, 0.717) is 37.1 Å². The Morgan fingerprint density at radius 2 is 2.25 bits per heavy atom.